The van der Waals surface area contributed by atoms with E-state index < -0.39 is 17.2 Å². The summed E-state index contributed by atoms with van der Waals surface area (Å²) in [5, 5.41) is 15.8. The zero-order valence-electron chi connectivity index (χ0n) is 14.7. The van der Waals surface area contributed by atoms with Gasteiger partial charge in [0.25, 0.3) is 17.1 Å². The largest absolute Gasteiger partial charge is 0.871 e. The molecule has 12 heteroatoms. The van der Waals surface area contributed by atoms with Gasteiger partial charge in [0.15, 0.2) is 6.54 Å². The first-order chi connectivity index (χ1) is 13.2. The van der Waals surface area contributed by atoms with Crippen molar-refractivity contribution in [2.75, 3.05) is 0 Å². The molecule has 10 nitrogen and oxygen atoms in total. The fourth-order valence-electron chi connectivity index (χ4n) is 2.62. The Morgan fingerprint density at radius 1 is 1.32 bits per heavy atom. The zero-order chi connectivity index (χ0) is 20.6. The summed E-state index contributed by atoms with van der Waals surface area (Å²) in [5.41, 5.74) is 2.08. The number of nitrogens with zero attached hydrogens (tertiary/aromatic N) is 4. The van der Waals surface area contributed by atoms with E-state index in [9.17, 15) is 19.5 Å². The summed E-state index contributed by atoms with van der Waals surface area (Å²) in [7, 11) is 2.88. The first-order valence-electron chi connectivity index (χ1n) is 7.85. The van der Waals surface area contributed by atoms with Crippen LogP contribution in [-0.2, 0) is 25.4 Å². The lowest BCUT2D eigenvalue weighted by Crippen LogP contribution is -2.46. The highest BCUT2D eigenvalue weighted by Gasteiger charge is 2.21. The molecule has 0 aliphatic heterocycles. The maximum atomic E-state index is 12.4. The molecule has 1 amide bonds. The molecule has 0 saturated carbocycles. The van der Waals surface area contributed by atoms with Crippen LogP contribution in [-0.4, -0.2) is 26.2 Å². The molecule has 28 heavy (non-hydrogen) atoms. The normalized spacial score (nSPS) is 11.4. The average Bonchev–Trinajstić information content (AvgIpc) is 3.05. The molecule has 0 bridgehead atoms. The van der Waals surface area contributed by atoms with Gasteiger partial charge in [-0.2, -0.15) is 5.10 Å². The second-order valence-electron chi connectivity index (χ2n) is 5.90. The highest BCUT2D eigenvalue weighted by Crippen LogP contribution is 2.28. The van der Waals surface area contributed by atoms with Crippen LogP contribution >= 0.6 is 31.9 Å². The summed E-state index contributed by atoms with van der Waals surface area (Å²) >= 11 is 6.42. The molecule has 2 N–H and O–H groups in total. The van der Waals surface area contributed by atoms with Gasteiger partial charge in [-0.25, -0.2) is 19.8 Å². The summed E-state index contributed by atoms with van der Waals surface area (Å²) in [6, 6.07) is 3.18. The molecule has 0 saturated heterocycles. The molecule has 2 heterocycles. The number of amides is 1. The van der Waals surface area contributed by atoms with Gasteiger partial charge in [-0.15, -0.1) is 0 Å². The number of H-pyrrole nitrogens is 1. The van der Waals surface area contributed by atoms with Crippen LogP contribution in [0, 0.1) is 0 Å². The topological polar surface area (TPSA) is 128 Å². The lowest BCUT2D eigenvalue weighted by molar-refractivity contribution is -0.659. The molecule has 3 aromatic rings. The quantitative estimate of drug-likeness (QED) is 0.279. The van der Waals surface area contributed by atoms with Gasteiger partial charge >= 0.3 is 11.2 Å². The molecule has 0 fully saturated rings. The number of halogens is 2. The van der Waals surface area contributed by atoms with E-state index in [1.54, 1.807) is 12.1 Å². The monoisotopic (exact) mass is 512 g/mol. The predicted octanol–water partition coefficient (Wildman–Crippen LogP) is -0.398. The van der Waals surface area contributed by atoms with Gasteiger partial charge in [-0.1, -0.05) is 37.6 Å². The van der Waals surface area contributed by atoms with Crippen LogP contribution in [0.4, 0.5) is 0 Å². The van der Waals surface area contributed by atoms with Crippen molar-refractivity contribution in [3.05, 3.63) is 53.8 Å². The number of fused-ring (bicyclic) bond motifs is 1. The second kappa shape index (κ2) is 7.72. The minimum atomic E-state index is -0.523. The van der Waals surface area contributed by atoms with Crippen molar-refractivity contribution < 1.29 is 14.5 Å². The van der Waals surface area contributed by atoms with Crippen molar-refractivity contribution in [2.45, 2.75) is 6.54 Å². The number of nitrogens with one attached hydrogen (secondary N) is 2. The van der Waals surface area contributed by atoms with E-state index >= 15 is 0 Å². The Balaban J connectivity index is 1.81. The maximum Gasteiger partial charge on any atom is 0.333 e. The van der Waals surface area contributed by atoms with Gasteiger partial charge in [-0.05, 0) is 17.7 Å². The van der Waals surface area contributed by atoms with Crippen LogP contribution in [0.2, 0.25) is 0 Å². The van der Waals surface area contributed by atoms with E-state index in [4.69, 9.17) is 0 Å². The minimum absolute atomic E-state index is 0.182. The van der Waals surface area contributed by atoms with E-state index in [0.29, 0.717) is 14.6 Å². The van der Waals surface area contributed by atoms with Crippen LogP contribution < -0.4 is 26.3 Å². The van der Waals surface area contributed by atoms with E-state index in [0.717, 1.165) is 4.57 Å². The third-order valence-corrected chi connectivity index (χ3v) is 5.08. The molecule has 146 valence electrons. The number of aromatic amines is 1. The first kappa shape index (κ1) is 20.0. The number of benzene rings is 1. The van der Waals surface area contributed by atoms with Crippen LogP contribution in [0.3, 0.4) is 0 Å². The number of aromatic nitrogens is 4. The van der Waals surface area contributed by atoms with Gasteiger partial charge in [-0.3, -0.25) is 18.7 Å². The molecule has 0 radical (unpaired) electrons. The number of aryl methyl sites for hydroxylation is 1. The SMILES string of the molecule is Cn1c(=O)c2c([nH]c[n+]2CC(=O)NN=Cc2cc(Br)cc(Br)c2[O-])n(C)c1=O. The maximum absolute atomic E-state index is 12.4. The molecule has 0 unspecified atom stereocenters. The lowest BCUT2D eigenvalue weighted by atomic mass is 10.2. The molecule has 0 aliphatic rings. The van der Waals surface area contributed by atoms with E-state index in [1.165, 1.54) is 35.8 Å². The number of hydrogen-bond donors (Lipinski definition) is 2. The highest BCUT2D eigenvalue weighted by atomic mass is 79.9. The number of imidazole rings is 1. The van der Waals surface area contributed by atoms with E-state index in [-0.39, 0.29) is 23.4 Å². The number of carbonyl (C=O) groups is 1. The van der Waals surface area contributed by atoms with Crippen LogP contribution in [0.15, 0.2) is 42.1 Å². The smallest absolute Gasteiger partial charge is 0.333 e. The Labute approximate surface area is 174 Å². The van der Waals surface area contributed by atoms with Crippen LogP contribution in [0.25, 0.3) is 11.2 Å². The van der Waals surface area contributed by atoms with Gasteiger partial charge in [0.2, 0.25) is 6.33 Å². The van der Waals surface area contributed by atoms with Crippen LogP contribution in [0.5, 0.6) is 5.75 Å². The van der Waals surface area contributed by atoms with Gasteiger partial charge in [0.1, 0.15) is 0 Å². The minimum Gasteiger partial charge on any atom is -0.871 e. The zero-order valence-corrected chi connectivity index (χ0v) is 17.9. The van der Waals surface area contributed by atoms with Crippen molar-refractivity contribution in [2.24, 2.45) is 19.2 Å². The molecule has 0 spiro atoms. The Morgan fingerprint density at radius 2 is 2.04 bits per heavy atom. The van der Waals surface area contributed by atoms with Crippen molar-refractivity contribution in [3.8, 4) is 5.75 Å². The third-order valence-electron chi connectivity index (χ3n) is 4.03. The van der Waals surface area contributed by atoms with Gasteiger partial charge < -0.3 is 5.11 Å². The van der Waals surface area contributed by atoms with E-state index in [2.05, 4.69) is 47.4 Å². The molecular formula is C16H14Br2N6O4. The fraction of sp³-hybridized carbons (Fsp3) is 0.188. The molecule has 1 aromatic carbocycles. The summed E-state index contributed by atoms with van der Waals surface area (Å²) < 4.78 is 4.68. The van der Waals surface area contributed by atoms with E-state index in [1.807, 2.05) is 0 Å². The standard InChI is InChI=1S/C16H14Br2N6O4/c1-22-14-12(15(27)23(2)16(22)28)24(7-19-14)6-11(25)21-20-5-8-3-9(17)4-10(18)13(8)26/h3-5,7H,6H2,1-2H3,(H2,20,21,25,26). The molecule has 0 atom stereocenters. The lowest BCUT2D eigenvalue weighted by Gasteiger charge is -2.12. The summed E-state index contributed by atoms with van der Waals surface area (Å²) in [5.74, 6) is -0.781. The summed E-state index contributed by atoms with van der Waals surface area (Å²) in [6.45, 7) is -0.211. The summed E-state index contributed by atoms with van der Waals surface area (Å²) in [4.78, 5) is 39.3. The molecule has 2 aromatic heterocycles. The Morgan fingerprint density at radius 3 is 2.75 bits per heavy atom. The summed E-state index contributed by atoms with van der Waals surface area (Å²) in [6.07, 6.45) is 2.66. The Hall–Kier alpha value is -2.73. The number of hydrazone groups is 1. The van der Waals surface area contributed by atoms with Gasteiger partial charge in [0.05, 0.1) is 6.21 Å². The average molecular weight is 514 g/mol. The number of hydrogen-bond acceptors (Lipinski definition) is 5. The van der Waals surface area contributed by atoms with Crippen molar-refractivity contribution in [3.63, 3.8) is 0 Å². The molecule has 0 aliphatic carbocycles. The highest BCUT2D eigenvalue weighted by molar-refractivity contribution is 9.11. The van der Waals surface area contributed by atoms with Crippen molar-refractivity contribution in [1.29, 1.82) is 0 Å². The van der Waals surface area contributed by atoms with Gasteiger partial charge in [0, 0.05) is 23.0 Å². The number of rotatable bonds is 4. The molecule has 3 rings (SSSR count). The molecular weight excluding hydrogens is 500 g/mol. The van der Waals surface area contributed by atoms with Crippen LogP contribution in [0.1, 0.15) is 5.56 Å². The van der Waals surface area contributed by atoms with Crippen molar-refractivity contribution in [1.82, 2.24) is 19.5 Å². The Bertz CT molecular complexity index is 1240. The van der Waals surface area contributed by atoms with Crippen molar-refractivity contribution >= 4 is 55.1 Å². The first-order valence-corrected chi connectivity index (χ1v) is 9.43. The number of carbonyl (C=O) groups excluding carboxylic acids is 1. The Kier molecular flexibility index (Phi) is 5.52. The third kappa shape index (κ3) is 3.64. The fourth-order valence-corrected chi connectivity index (χ4v) is 3.88. The predicted molar refractivity (Wildman–Crippen MR) is 106 cm³/mol. The second-order valence-corrected chi connectivity index (χ2v) is 7.67.